The third-order valence-corrected chi connectivity index (χ3v) is 4.78. The molecule has 2 atom stereocenters. The van der Waals surface area contributed by atoms with Gasteiger partial charge in [0, 0.05) is 23.1 Å². The molecule has 0 amide bonds. The van der Waals surface area contributed by atoms with Gasteiger partial charge in [0.25, 0.3) is 0 Å². The molecule has 2 aliphatic rings. The van der Waals surface area contributed by atoms with Crippen LogP contribution in [0.1, 0.15) is 25.3 Å². The highest BCUT2D eigenvalue weighted by atomic mass is 16.7. The molecular weight excluding hydrogens is 380 g/mol. The zero-order valence-electron chi connectivity index (χ0n) is 16.0. The van der Waals surface area contributed by atoms with Gasteiger partial charge in [-0.05, 0) is 37.1 Å². The molecule has 0 aromatic heterocycles. The van der Waals surface area contributed by atoms with E-state index in [0.717, 1.165) is 0 Å². The van der Waals surface area contributed by atoms with Crippen molar-refractivity contribution in [3.8, 4) is 11.5 Å². The van der Waals surface area contributed by atoms with Gasteiger partial charge in [0.05, 0.1) is 30.4 Å². The van der Waals surface area contributed by atoms with Gasteiger partial charge in [-0.25, -0.2) is 4.79 Å². The standard InChI is InChI=1S/C19H20N4O6/c1-10-16(11(2)24)17(12-3-4-14-15(7-12)29-9-28-14)18(19(25)26)13(22-10)8-27-6-5-21-23-20/h3-4,7,16-17H,5-6,8-9H2,1-2H3,(H,25,26). The summed E-state index contributed by atoms with van der Waals surface area (Å²) in [7, 11) is 0. The molecule has 3 rings (SSSR count). The first-order valence-electron chi connectivity index (χ1n) is 8.94. The fourth-order valence-electron chi connectivity index (χ4n) is 3.61. The van der Waals surface area contributed by atoms with E-state index in [4.69, 9.17) is 19.7 Å². The van der Waals surface area contributed by atoms with E-state index < -0.39 is 17.8 Å². The highest BCUT2D eigenvalue weighted by Crippen LogP contribution is 2.43. The molecule has 1 aromatic carbocycles. The summed E-state index contributed by atoms with van der Waals surface area (Å²) in [6, 6.07) is 5.13. The zero-order valence-corrected chi connectivity index (χ0v) is 16.0. The van der Waals surface area contributed by atoms with E-state index in [9.17, 15) is 14.7 Å². The highest BCUT2D eigenvalue weighted by Gasteiger charge is 2.40. The van der Waals surface area contributed by atoms with Gasteiger partial charge in [-0.1, -0.05) is 11.2 Å². The lowest BCUT2D eigenvalue weighted by Crippen LogP contribution is -2.34. The number of aliphatic imine (C=N–C) groups is 1. The first kappa shape index (κ1) is 20.4. The molecule has 0 radical (unpaired) electrons. The topological polar surface area (TPSA) is 143 Å². The quantitative estimate of drug-likeness (QED) is 0.307. The number of fused-ring (bicyclic) bond motifs is 1. The van der Waals surface area contributed by atoms with Crippen LogP contribution in [0.5, 0.6) is 11.5 Å². The number of azide groups is 1. The predicted molar refractivity (Wildman–Crippen MR) is 102 cm³/mol. The van der Waals surface area contributed by atoms with Crippen LogP contribution < -0.4 is 9.47 Å². The maximum Gasteiger partial charge on any atom is 0.334 e. The molecule has 152 valence electrons. The Labute approximate surface area is 166 Å². The molecule has 2 unspecified atom stereocenters. The molecule has 0 aliphatic carbocycles. The minimum atomic E-state index is -1.18. The molecule has 0 bridgehead atoms. The van der Waals surface area contributed by atoms with Gasteiger partial charge in [0.2, 0.25) is 6.79 Å². The molecule has 29 heavy (non-hydrogen) atoms. The average molecular weight is 400 g/mol. The zero-order chi connectivity index (χ0) is 21.0. The Bertz CT molecular complexity index is 948. The second-order valence-corrected chi connectivity index (χ2v) is 6.60. The van der Waals surface area contributed by atoms with Gasteiger partial charge in [0.15, 0.2) is 11.5 Å². The molecule has 2 heterocycles. The second kappa shape index (κ2) is 8.76. The van der Waals surface area contributed by atoms with Crippen molar-refractivity contribution in [2.24, 2.45) is 16.0 Å². The molecule has 1 N–H and O–H groups in total. The van der Waals surface area contributed by atoms with Crippen molar-refractivity contribution in [1.82, 2.24) is 0 Å². The average Bonchev–Trinajstić information content (AvgIpc) is 3.14. The fraction of sp³-hybridized carbons (Fsp3) is 0.421. The fourth-order valence-corrected chi connectivity index (χ4v) is 3.61. The van der Waals surface area contributed by atoms with Crippen molar-refractivity contribution < 1.29 is 28.9 Å². The number of nitrogens with zero attached hydrogens (tertiary/aromatic N) is 4. The Morgan fingerprint density at radius 2 is 2.14 bits per heavy atom. The number of ether oxygens (including phenoxy) is 3. The van der Waals surface area contributed by atoms with E-state index >= 15 is 0 Å². The Morgan fingerprint density at radius 1 is 1.38 bits per heavy atom. The van der Waals surface area contributed by atoms with Gasteiger partial charge in [0.1, 0.15) is 5.78 Å². The third-order valence-electron chi connectivity index (χ3n) is 4.78. The molecule has 0 fully saturated rings. The van der Waals surface area contributed by atoms with Crippen LogP contribution in [0.2, 0.25) is 0 Å². The van der Waals surface area contributed by atoms with E-state index in [1.165, 1.54) is 6.92 Å². The van der Waals surface area contributed by atoms with Crippen molar-refractivity contribution in [2.45, 2.75) is 19.8 Å². The second-order valence-electron chi connectivity index (χ2n) is 6.60. The Morgan fingerprint density at radius 3 is 2.83 bits per heavy atom. The molecule has 10 heteroatoms. The van der Waals surface area contributed by atoms with E-state index in [-0.39, 0.29) is 43.6 Å². The summed E-state index contributed by atoms with van der Waals surface area (Å²) in [4.78, 5) is 31.6. The van der Waals surface area contributed by atoms with Gasteiger partial charge in [-0.3, -0.25) is 9.79 Å². The summed E-state index contributed by atoms with van der Waals surface area (Å²) < 4.78 is 16.2. The monoisotopic (exact) mass is 400 g/mol. The maximum absolute atomic E-state index is 12.4. The summed E-state index contributed by atoms with van der Waals surface area (Å²) in [5, 5.41) is 13.3. The number of rotatable bonds is 8. The molecule has 0 spiro atoms. The summed E-state index contributed by atoms with van der Waals surface area (Å²) in [6.45, 7) is 3.38. The van der Waals surface area contributed by atoms with Crippen LogP contribution in [-0.2, 0) is 14.3 Å². The molecule has 1 aromatic rings. The number of carboxylic acids is 1. The Hall–Kier alpha value is -3.36. The van der Waals surface area contributed by atoms with Crippen LogP contribution in [-0.4, -0.2) is 49.1 Å². The summed E-state index contributed by atoms with van der Waals surface area (Å²) in [5.74, 6) is -1.75. The van der Waals surface area contributed by atoms with Crippen molar-refractivity contribution >= 4 is 17.5 Å². The van der Waals surface area contributed by atoms with Gasteiger partial charge in [-0.2, -0.15) is 0 Å². The third kappa shape index (κ3) is 4.23. The van der Waals surface area contributed by atoms with Crippen molar-refractivity contribution in [2.75, 3.05) is 26.6 Å². The first-order chi connectivity index (χ1) is 13.9. The lowest BCUT2D eigenvalue weighted by Gasteiger charge is -2.31. The number of hydrogen-bond donors (Lipinski definition) is 1. The molecule has 0 saturated carbocycles. The Kier molecular flexibility index (Phi) is 6.16. The number of carbonyl (C=O) groups excluding carboxylic acids is 1. The van der Waals surface area contributed by atoms with Crippen molar-refractivity contribution in [3.05, 3.63) is 45.5 Å². The van der Waals surface area contributed by atoms with Crippen LogP contribution in [0.4, 0.5) is 0 Å². The van der Waals surface area contributed by atoms with Crippen LogP contribution in [0.15, 0.2) is 39.6 Å². The molecule has 2 aliphatic heterocycles. The number of carbonyl (C=O) groups is 2. The molecule has 10 nitrogen and oxygen atoms in total. The van der Waals surface area contributed by atoms with Crippen LogP contribution in [0.25, 0.3) is 10.4 Å². The maximum atomic E-state index is 12.4. The van der Waals surface area contributed by atoms with E-state index in [2.05, 4.69) is 15.0 Å². The summed E-state index contributed by atoms with van der Waals surface area (Å²) >= 11 is 0. The molecular formula is C19H20N4O6. The normalized spacial score (nSPS) is 20.1. The number of ketones is 1. The lowest BCUT2D eigenvalue weighted by atomic mass is 9.74. The van der Waals surface area contributed by atoms with E-state index in [1.54, 1.807) is 25.1 Å². The predicted octanol–water partition coefficient (Wildman–Crippen LogP) is 2.84. The number of aliphatic carboxylic acids is 1. The first-order valence-corrected chi connectivity index (χ1v) is 8.94. The van der Waals surface area contributed by atoms with Gasteiger partial charge < -0.3 is 19.3 Å². The highest BCUT2D eigenvalue weighted by molar-refractivity contribution is 6.08. The lowest BCUT2D eigenvalue weighted by molar-refractivity contribution is -0.133. The van der Waals surface area contributed by atoms with Crippen LogP contribution in [0.3, 0.4) is 0 Å². The Balaban J connectivity index is 2.02. The van der Waals surface area contributed by atoms with Crippen LogP contribution >= 0.6 is 0 Å². The van der Waals surface area contributed by atoms with Crippen LogP contribution in [0, 0.1) is 5.92 Å². The minimum Gasteiger partial charge on any atom is -0.478 e. The SMILES string of the molecule is CC(=O)C1C(C)=NC(COCCN=[N+]=[N-])=C(C(=O)O)C1c1ccc2c(c1)OCO2. The molecule has 0 saturated heterocycles. The minimum absolute atomic E-state index is 0.00144. The number of benzene rings is 1. The number of Topliss-reactive ketones (excluding diaryl/α,β-unsaturated/α-hetero) is 1. The largest absolute Gasteiger partial charge is 0.478 e. The van der Waals surface area contributed by atoms with E-state index in [0.29, 0.717) is 22.8 Å². The summed E-state index contributed by atoms with van der Waals surface area (Å²) in [5.41, 5.74) is 9.68. The number of carboxylic acid groups (broad SMARTS) is 1. The van der Waals surface area contributed by atoms with E-state index in [1.807, 2.05) is 0 Å². The van der Waals surface area contributed by atoms with Gasteiger partial charge >= 0.3 is 5.97 Å². The van der Waals surface area contributed by atoms with Gasteiger partial charge in [-0.15, -0.1) is 0 Å². The summed E-state index contributed by atoms with van der Waals surface area (Å²) in [6.07, 6.45) is 0. The smallest absolute Gasteiger partial charge is 0.334 e. The van der Waals surface area contributed by atoms with Crippen molar-refractivity contribution in [3.63, 3.8) is 0 Å². The van der Waals surface area contributed by atoms with Crippen molar-refractivity contribution in [1.29, 1.82) is 0 Å². The number of hydrogen-bond acceptors (Lipinski definition) is 7.